The van der Waals surface area contributed by atoms with Crippen molar-refractivity contribution in [3.05, 3.63) is 83.0 Å². The number of hydrogen-bond acceptors (Lipinski definition) is 8. The molecular weight excluding hydrogens is 548 g/mol. The molecule has 42 heavy (non-hydrogen) atoms. The van der Waals surface area contributed by atoms with Crippen molar-refractivity contribution >= 4 is 50.6 Å². The molecule has 1 saturated carbocycles. The summed E-state index contributed by atoms with van der Waals surface area (Å²) in [4.78, 5) is 21.1. The summed E-state index contributed by atoms with van der Waals surface area (Å²) in [7, 11) is 0. The van der Waals surface area contributed by atoms with E-state index in [9.17, 15) is 4.79 Å². The molecule has 0 unspecified atom stereocenters. The van der Waals surface area contributed by atoms with Crippen molar-refractivity contribution in [1.82, 2.24) is 25.9 Å². The number of carbonyl (C=O) groups is 1. The van der Waals surface area contributed by atoms with Gasteiger partial charge in [0.1, 0.15) is 5.54 Å². The van der Waals surface area contributed by atoms with E-state index >= 15 is 0 Å². The van der Waals surface area contributed by atoms with E-state index in [0.29, 0.717) is 35.5 Å². The lowest BCUT2D eigenvalue weighted by Gasteiger charge is -2.24. The van der Waals surface area contributed by atoms with Gasteiger partial charge >= 0.3 is 0 Å². The first kappa shape index (κ1) is 27.6. The Labute approximate surface area is 249 Å². The van der Waals surface area contributed by atoms with Crippen LogP contribution in [0.2, 0.25) is 5.02 Å². The minimum atomic E-state index is -0.737. The number of anilines is 2. The van der Waals surface area contributed by atoms with Crippen LogP contribution in [0.1, 0.15) is 50.8 Å². The Morgan fingerprint density at radius 2 is 2.05 bits per heavy atom. The molecule has 0 spiro atoms. The highest BCUT2D eigenvalue weighted by Gasteiger charge is 2.54. The molecule has 2 aromatic heterocycles. The van der Waals surface area contributed by atoms with Gasteiger partial charge in [-0.05, 0) is 47.4 Å². The van der Waals surface area contributed by atoms with Gasteiger partial charge in [0.2, 0.25) is 5.91 Å². The number of nitrogens with one attached hydrogen (secondary N) is 4. The van der Waals surface area contributed by atoms with Crippen LogP contribution < -0.4 is 27.3 Å². The second kappa shape index (κ2) is 10.4. The van der Waals surface area contributed by atoms with Crippen LogP contribution in [0.15, 0.2) is 66.9 Å². The number of carbonyl (C=O) groups excluding carboxylic acids is 1. The molecule has 2 aliphatic rings. The highest BCUT2D eigenvalue weighted by Crippen LogP contribution is 2.43. The van der Waals surface area contributed by atoms with Gasteiger partial charge in [0.25, 0.3) is 0 Å². The number of pyridine rings is 2. The third-order valence-electron chi connectivity index (χ3n) is 7.76. The number of fused-ring (bicyclic) bond motifs is 2. The van der Waals surface area contributed by atoms with Crippen LogP contribution in [0.25, 0.3) is 21.7 Å². The Morgan fingerprint density at radius 1 is 1.24 bits per heavy atom. The van der Waals surface area contributed by atoms with Crippen molar-refractivity contribution in [3.63, 3.8) is 0 Å². The fourth-order valence-corrected chi connectivity index (χ4v) is 5.58. The Morgan fingerprint density at radius 3 is 2.76 bits per heavy atom. The van der Waals surface area contributed by atoms with Crippen LogP contribution in [0.5, 0.6) is 0 Å². The monoisotopic (exact) mass is 580 g/mol. The van der Waals surface area contributed by atoms with Crippen LogP contribution in [0, 0.1) is 17.8 Å². The summed E-state index contributed by atoms with van der Waals surface area (Å²) in [6, 6.07) is 11.6. The number of hydrogen-bond donors (Lipinski definition) is 5. The molecule has 0 saturated heterocycles. The van der Waals surface area contributed by atoms with E-state index in [1.165, 1.54) is 0 Å². The van der Waals surface area contributed by atoms with Crippen LogP contribution >= 0.6 is 11.6 Å². The van der Waals surface area contributed by atoms with Gasteiger partial charge in [0.15, 0.2) is 0 Å². The zero-order valence-electron chi connectivity index (χ0n) is 23.8. The summed E-state index contributed by atoms with van der Waals surface area (Å²) in [6.45, 7) is 7.19. The maximum Gasteiger partial charge on any atom is 0.244 e. The van der Waals surface area contributed by atoms with Gasteiger partial charge in [-0.15, -0.1) is 12.0 Å². The lowest BCUT2D eigenvalue weighted by atomic mass is 9.96. The SMILES string of the molecule is C#Cc1cnc2c(Cl)cc(N[C@H](C3=CN(C4(C(N)=O)CC4)NN3)c3cccc4cnccc34)cc2c1NCC(C)(C)C. The van der Waals surface area contributed by atoms with Crippen LogP contribution in [0.4, 0.5) is 11.4 Å². The Bertz CT molecular complexity index is 1780. The van der Waals surface area contributed by atoms with Gasteiger partial charge in [-0.1, -0.05) is 56.5 Å². The highest BCUT2D eigenvalue weighted by atomic mass is 35.5. The summed E-state index contributed by atoms with van der Waals surface area (Å²) in [5, 5.41) is 12.4. The summed E-state index contributed by atoms with van der Waals surface area (Å²) >= 11 is 6.84. The third kappa shape index (κ3) is 5.04. The second-order valence-electron chi connectivity index (χ2n) is 12.1. The van der Waals surface area contributed by atoms with Crippen molar-refractivity contribution in [2.45, 2.75) is 45.2 Å². The van der Waals surface area contributed by atoms with Crippen molar-refractivity contribution < 1.29 is 4.79 Å². The Balaban J connectivity index is 1.46. The molecule has 10 heteroatoms. The number of rotatable bonds is 8. The first-order chi connectivity index (χ1) is 20.1. The molecular formula is C32H33ClN8O. The molecule has 9 nitrogen and oxygen atoms in total. The van der Waals surface area contributed by atoms with Crippen molar-refractivity contribution in [1.29, 1.82) is 0 Å². The molecule has 3 heterocycles. The van der Waals surface area contributed by atoms with E-state index in [0.717, 1.165) is 38.8 Å². The topological polar surface area (TPSA) is 120 Å². The van der Waals surface area contributed by atoms with Crippen LogP contribution in [-0.2, 0) is 4.79 Å². The number of nitrogens with zero attached hydrogens (tertiary/aromatic N) is 3. The largest absolute Gasteiger partial charge is 0.383 e. The molecule has 0 radical (unpaired) electrons. The average molecular weight is 581 g/mol. The van der Waals surface area contributed by atoms with E-state index in [-0.39, 0.29) is 17.4 Å². The molecule has 6 rings (SSSR count). The van der Waals surface area contributed by atoms with Gasteiger partial charge < -0.3 is 21.8 Å². The fourth-order valence-electron chi connectivity index (χ4n) is 5.32. The quantitative estimate of drug-likeness (QED) is 0.180. The van der Waals surface area contributed by atoms with E-state index in [2.05, 4.69) is 64.3 Å². The average Bonchev–Trinajstić information content (AvgIpc) is 3.64. The molecule has 1 amide bonds. The molecule has 214 valence electrons. The molecule has 1 aliphatic carbocycles. The molecule has 1 atom stereocenters. The van der Waals surface area contributed by atoms with Crippen molar-refractivity contribution in [2.24, 2.45) is 11.1 Å². The van der Waals surface area contributed by atoms with E-state index in [4.69, 9.17) is 23.8 Å². The standard InChI is InChI=1S/C32H33ClN8O/c1-5-19-16-36-28-24(27(19)37-18-31(2,3)4)13-21(14-25(28)33)38-29(23-8-6-7-20-15-35-12-9-22(20)23)26-17-41(40-39-26)32(10-11-32)30(34)42/h1,6-9,12-17,29,38-40H,10-11,18H2,2-4H3,(H2,34,42)(H,36,37)/t29-/m0/s1. The maximum absolute atomic E-state index is 12.3. The number of halogens is 1. The maximum atomic E-state index is 12.3. The number of primary amides is 1. The second-order valence-corrected chi connectivity index (χ2v) is 12.5. The van der Waals surface area contributed by atoms with Crippen LogP contribution in [-0.4, -0.2) is 33.0 Å². The Kier molecular flexibility index (Phi) is 6.84. The van der Waals surface area contributed by atoms with Gasteiger partial charge in [0.05, 0.1) is 33.5 Å². The summed E-state index contributed by atoms with van der Waals surface area (Å²) in [5.41, 5.74) is 16.2. The van der Waals surface area contributed by atoms with Crippen LogP contribution in [0.3, 0.4) is 0 Å². The van der Waals surface area contributed by atoms with Gasteiger partial charge in [-0.3, -0.25) is 19.8 Å². The fraction of sp³-hybridized carbons (Fsp3) is 0.281. The van der Waals surface area contributed by atoms with Gasteiger partial charge in [0, 0.05) is 47.8 Å². The zero-order valence-corrected chi connectivity index (χ0v) is 24.5. The Hall–Kier alpha value is -4.52. The number of aromatic nitrogens is 2. The lowest BCUT2D eigenvalue weighted by molar-refractivity contribution is -0.124. The number of amides is 1. The van der Waals surface area contributed by atoms with E-state index < -0.39 is 5.54 Å². The smallest absolute Gasteiger partial charge is 0.244 e. The molecule has 4 aromatic rings. The van der Waals surface area contributed by atoms with Crippen molar-refractivity contribution in [3.8, 4) is 12.3 Å². The van der Waals surface area contributed by atoms with Crippen molar-refractivity contribution in [2.75, 3.05) is 17.2 Å². The zero-order chi connectivity index (χ0) is 29.6. The minimum Gasteiger partial charge on any atom is -0.383 e. The van der Waals surface area contributed by atoms with Gasteiger partial charge in [-0.2, -0.15) is 0 Å². The molecule has 6 N–H and O–H groups in total. The summed E-state index contributed by atoms with van der Waals surface area (Å²) in [5.74, 6) is 2.41. The normalized spacial score (nSPS) is 16.5. The number of hydrazine groups is 2. The predicted octanol–water partition coefficient (Wildman–Crippen LogP) is 5.21. The van der Waals surface area contributed by atoms with E-state index in [1.54, 1.807) is 17.4 Å². The summed E-state index contributed by atoms with van der Waals surface area (Å²) in [6.07, 6.45) is 14.5. The number of terminal acetylenes is 1. The first-order valence-corrected chi connectivity index (χ1v) is 14.2. The third-order valence-corrected chi connectivity index (χ3v) is 8.04. The summed E-state index contributed by atoms with van der Waals surface area (Å²) < 4.78 is 0. The number of benzene rings is 2. The predicted molar refractivity (Wildman–Crippen MR) is 168 cm³/mol. The first-order valence-electron chi connectivity index (χ1n) is 13.8. The minimum absolute atomic E-state index is 0.0265. The molecule has 1 fully saturated rings. The lowest BCUT2D eigenvalue weighted by Crippen LogP contribution is -2.51. The van der Waals surface area contributed by atoms with Gasteiger partial charge in [-0.25, -0.2) is 0 Å². The molecule has 2 aromatic carbocycles. The number of nitrogens with two attached hydrogens (primary N) is 1. The highest BCUT2D eigenvalue weighted by molar-refractivity contribution is 6.35. The van der Waals surface area contributed by atoms with E-state index in [1.807, 2.05) is 42.7 Å². The molecule has 1 aliphatic heterocycles. The molecule has 0 bridgehead atoms.